The molecular formula is C15H27N3OS. The molecule has 0 aliphatic rings. The average Bonchev–Trinajstić information content (AvgIpc) is 2.87. The fourth-order valence-corrected chi connectivity index (χ4v) is 2.95. The van der Waals surface area contributed by atoms with Gasteiger partial charge in [-0.05, 0) is 33.6 Å². The van der Waals surface area contributed by atoms with Crippen LogP contribution in [0.15, 0.2) is 6.20 Å². The van der Waals surface area contributed by atoms with Crippen LogP contribution in [0.5, 0.6) is 0 Å². The topological polar surface area (TPSA) is 54.0 Å². The van der Waals surface area contributed by atoms with Crippen LogP contribution in [0.3, 0.4) is 0 Å². The van der Waals surface area contributed by atoms with Gasteiger partial charge in [-0.25, -0.2) is 4.98 Å². The maximum absolute atomic E-state index is 12.1. The standard InChI is InChI=1S/C15H27N3OS/c1-6-8-10(3)17-14(19)11(4)18-12(5)15-16-9-13(7-2)20-15/h9-12,18H,6-8H2,1-5H3,(H,17,19). The first-order valence-electron chi connectivity index (χ1n) is 7.48. The highest BCUT2D eigenvalue weighted by molar-refractivity contribution is 7.11. The Bertz CT molecular complexity index is 419. The van der Waals surface area contributed by atoms with Gasteiger partial charge in [-0.15, -0.1) is 11.3 Å². The van der Waals surface area contributed by atoms with E-state index in [0.29, 0.717) is 0 Å². The number of aryl methyl sites for hydroxylation is 1. The Kier molecular flexibility index (Phi) is 7.16. The smallest absolute Gasteiger partial charge is 0.237 e. The van der Waals surface area contributed by atoms with E-state index in [1.807, 2.05) is 20.0 Å². The first-order chi connectivity index (χ1) is 9.47. The van der Waals surface area contributed by atoms with E-state index >= 15 is 0 Å². The molecule has 1 heterocycles. The number of thiazole rings is 1. The van der Waals surface area contributed by atoms with Crippen LogP contribution < -0.4 is 10.6 Å². The Morgan fingerprint density at radius 3 is 2.60 bits per heavy atom. The summed E-state index contributed by atoms with van der Waals surface area (Å²) in [5, 5.41) is 7.40. The van der Waals surface area contributed by atoms with Crippen LogP contribution in [0.4, 0.5) is 0 Å². The normalized spacial score (nSPS) is 15.7. The summed E-state index contributed by atoms with van der Waals surface area (Å²) in [6.45, 7) is 10.3. The number of hydrogen-bond donors (Lipinski definition) is 2. The van der Waals surface area contributed by atoms with Gasteiger partial charge in [0.1, 0.15) is 5.01 Å². The van der Waals surface area contributed by atoms with E-state index in [4.69, 9.17) is 0 Å². The summed E-state index contributed by atoms with van der Waals surface area (Å²) in [5.74, 6) is 0.0603. The van der Waals surface area contributed by atoms with E-state index in [-0.39, 0.29) is 24.0 Å². The maximum Gasteiger partial charge on any atom is 0.237 e. The van der Waals surface area contributed by atoms with Gasteiger partial charge in [0.05, 0.1) is 12.1 Å². The number of carbonyl (C=O) groups excluding carboxylic acids is 1. The lowest BCUT2D eigenvalue weighted by Gasteiger charge is -2.20. The lowest BCUT2D eigenvalue weighted by atomic mass is 10.2. The van der Waals surface area contributed by atoms with Crippen molar-refractivity contribution in [2.45, 2.75) is 72.0 Å². The number of amides is 1. The van der Waals surface area contributed by atoms with Crippen molar-refractivity contribution in [2.24, 2.45) is 0 Å². The molecule has 114 valence electrons. The molecule has 20 heavy (non-hydrogen) atoms. The third kappa shape index (κ3) is 5.21. The summed E-state index contributed by atoms with van der Waals surface area (Å²) in [6, 6.07) is 0.124. The van der Waals surface area contributed by atoms with E-state index < -0.39 is 0 Å². The second kappa shape index (κ2) is 8.37. The fraction of sp³-hybridized carbons (Fsp3) is 0.733. The molecule has 1 amide bonds. The third-order valence-corrected chi connectivity index (χ3v) is 4.62. The van der Waals surface area contributed by atoms with Crippen LogP contribution in [0.25, 0.3) is 0 Å². The Balaban J connectivity index is 2.47. The van der Waals surface area contributed by atoms with Gasteiger partial charge in [0.15, 0.2) is 0 Å². The second-order valence-corrected chi connectivity index (χ2v) is 6.47. The quantitative estimate of drug-likeness (QED) is 0.775. The van der Waals surface area contributed by atoms with Gasteiger partial charge in [-0.2, -0.15) is 0 Å². The lowest BCUT2D eigenvalue weighted by molar-refractivity contribution is -0.123. The highest BCUT2D eigenvalue weighted by Gasteiger charge is 2.19. The number of hydrogen-bond acceptors (Lipinski definition) is 4. The molecule has 3 atom stereocenters. The highest BCUT2D eigenvalue weighted by Crippen LogP contribution is 2.20. The van der Waals surface area contributed by atoms with E-state index in [0.717, 1.165) is 24.3 Å². The maximum atomic E-state index is 12.1. The molecule has 0 bridgehead atoms. The predicted octanol–water partition coefficient (Wildman–Crippen LogP) is 3.05. The van der Waals surface area contributed by atoms with Crippen LogP contribution in [0, 0.1) is 0 Å². The number of carbonyl (C=O) groups is 1. The van der Waals surface area contributed by atoms with Gasteiger partial charge in [0.25, 0.3) is 0 Å². The molecule has 0 saturated carbocycles. The molecule has 2 N–H and O–H groups in total. The third-order valence-electron chi connectivity index (χ3n) is 3.29. The Morgan fingerprint density at radius 1 is 1.35 bits per heavy atom. The van der Waals surface area contributed by atoms with Gasteiger partial charge in [0, 0.05) is 17.1 Å². The van der Waals surface area contributed by atoms with Crippen LogP contribution in [0.1, 0.15) is 63.4 Å². The van der Waals surface area contributed by atoms with Gasteiger partial charge >= 0.3 is 0 Å². The molecular weight excluding hydrogens is 270 g/mol. The molecule has 1 rings (SSSR count). The number of rotatable bonds is 8. The molecule has 0 radical (unpaired) electrons. The first kappa shape index (κ1) is 17.1. The van der Waals surface area contributed by atoms with Crippen LogP contribution in [-0.4, -0.2) is 23.0 Å². The molecule has 4 nitrogen and oxygen atoms in total. The average molecular weight is 297 g/mol. The zero-order valence-corrected chi connectivity index (χ0v) is 14.0. The minimum absolute atomic E-state index is 0.0603. The van der Waals surface area contributed by atoms with E-state index in [9.17, 15) is 4.79 Å². The monoisotopic (exact) mass is 297 g/mol. The van der Waals surface area contributed by atoms with Crippen molar-refractivity contribution in [1.82, 2.24) is 15.6 Å². The largest absolute Gasteiger partial charge is 0.352 e. The molecule has 1 aromatic heterocycles. The number of aromatic nitrogens is 1. The Hall–Kier alpha value is -0.940. The van der Waals surface area contributed by atoms with Gasteiger partial charge in [0.2, 0.25) is 5.91 Å². The molecule has 3 unspecified atom stereocenters. The lowest BCUT2D eigenvalue weighted by Crippen LogP contribution is -2.46. The van der Waals surface area contributed by atoms with E-state index in [1.54, 1.807) is 11.3 Å². The van der Waals surface area contributed by atoms with Crippen molar-refractivity contribution in [1.29, 1.82) is 0 Å². The van der Waals surface area contributed by atoms with Gasteiger partial charge in [-0.3, -0.25) is 10.1 Å². The summed E-state index contributed by atoms with van der Waals surface area (Å²) in [6.07, 6.45) is 5.03. The fourth-order valence-electron chi connectivity index (χ4n) is 2.08. The molecule has 0 saturated heterocycles. The second-order valence-electron chi connectivity index (χ2n) is 5.33. The molecule has 5 heteroatoms. The van der Waals surface area contributed by atoms with Crippen molar-refractivity contribution >= 4 is 17.2 Å². The molecule has 0 spiro atoms. The summed E-state index contributed by atoms with van der Waals surface area (Å²) in [4.78, 5) is 17.8. The van der Waals surface area contributed by atoms with Crippen LogP contribution in [0.2, 0.25) is 0 Å². The van der Waals surface area contributed by atoms with Crippen molar-refractivity contribution in [3.63, 3.8) is 0 Å². The van der Waals surface area contributed by atoms with Crippen molar-refractivity contribution in [3.8, 4) is 0 Å². The van der Waals surface area contributed by atoms with E-state index in [2.05, 4.69) is 36.4 Å². The number of nitrogens with zero attached hydrogens (tertiary/aromatic N) is 1. The van der Waals surface area contributed by atoms with Crippen LogP contribution in [-0.2, 0) is 11.2 Å². The SMILES string of the molecule is CCCC(C)NC(=O)C(C)NC(C)c1ncc(CC)s1. The molecule has 0 aliphatic heterocycles. The van der Waals surface area contributed by atoms with Crippen molar-refractivity contribution in [2.75, 3.05) is 0 Å². The highest BCUT2D eigenvalue weighted by atomic mass is 32.1. The van der Waals surface area contributed by atoms with E-state index in [1.165, 1.54) is 4.88 Å². The van der Waals surface area contributed by atoms with Gasteiger partial charge < -0.3 is 5.32 Å². The zero-order valence-electron chi connectivity index (χ0n) is 13.2. The van der Waals surface area contributed by atoms with Crippen LogP contribution >= 0.6 is 11.3 Å². The minimum Gasteiger partial charge on any atom is -0.352 e. The molecule has 0 aromatic carbocycles. The molecule has 1 aromatic rings. The van der Waals surface area contributed by atoms with Crippen molar-refractivity contribution < 1.29 is 4.79 Å². The zero-order chi connectivity index (χ0) is 15.1. The summed E-state index contributed by atoms with van der Waals surface area (Å²) < 4.78 is 0. The summed E-state index contributed by atoms with van der Waals surface area (Å²) >= 11 is 1.71. The summed E-state index contributed by atoms with van der Waals surface area (Å²) in [7, 11) is 0. The predicted molar refractivity (Wildman–Crippen MR) is 85.0 cm³/mol. The Morgan fingerprint density at radius 2 is 2.05 bits per heavy atom. The number of nitrogens with one attached hydrogen (secondary N) is 2. The Labute approximate surface area is 126 Å². The van der Waals surface area contributed by atoms with Crippen molar-refractivity contribution in [3.05, 3.63) is 16.1 Å². The molecule has 0 aliphatic carbocycles. The molecule has 0 fully saturated rings. The summed E-state index contributed by atoms with van der Waals surface area (Å²) in [5.41, 5.74) is 0. The van der Waals surface area contributed by atoms with Gasteiger partial charge in [-0.1, -0.05) is 20.3 Å². The minimum atomic E-state index is -0.210. The first-order valence-corrected chi connectivity index (χ1v) is 8.30.